The number of hydrogen-bond acceptors (Lipinski definition) is 3. The SMILES string of the molecule is O=C(O)C(NC1CCCC1)c1ccc(O)c(F)c1. The van der Waals surface area contributed by atoms with Crippen LogP contribution in [0.1, 0.15) is 37.3 Å². The fourth-order valence-corrected chi connectivity index (χ4v) is 2.34. The third-order valence-corrected chi connectivity index (χ3v) is 3.31. The summed E-state index contributed by atoms with van der Waals surface area (Å²) in [5.74, 6) is -2.30. The summed E-state index contributed by atoms with van der Waals surface area (Å²) in [6.07, 6.45) is 4.08. The molecule has 1 aliphatic rings. The molecule has 0 radical (unpaired) electrons. The molecule has 0 amide bonds. The topological polar surface area (TPSA) is 69.6 Å². The molecule has 1 atom stereocenters. The number of hydrogen-bond donors (Lipinski definition) is 3. The molecule has 1 aliphatic carbocycles. The largest absolute Gasteiger partial charge is 0.505 e. The Morgan fingerprint density at radius 1 is 1.39 bits per heavy atom. The van der Waals surface area contributed by atoms with Gasteiger partial charge in [-0.25, -0.2) is 4.39 Å². The number of rotatable bonds is 4. The van der Waals surface area contributed by atoms with E-state index in [2.05, 4.69) is 5.32 Å². The summed E-state index contributed by atoms with van der Waals surface area (Å²) in [6.45, 7) is 0. The van der Waals surface area contributed by atoms with Gasteiger partial charge in [0.2, 0.25) is 0 Å². The highest BCUT2D eigenvalue weighted by Gasteiger charge is 2.25. The first-order valence-electron chi connectivity index (χ1n) is 6.05. The average molecular weight is 253 g/mol. The summed E-state index contributed by atoms with van der Waals surface area (Å²) in [5, 5.41) is 21.3. The van der Waals surface area contributed by atoms with Crippen LogP contribution in [0.5, 0.6) is 5.75 Å². The molecule has 3 N–H and O–H groups in total. The molecule has 0 heterocycles. The van der Waals surface area contributed by atoms with Crippen molar-refractivity contribution in [2.24, 2.45) is 0 Å². The molecule has 1 fully saturated rings. The monoisotopic (exact) mass is 253 g/mol. The Hall–Kier alpha value is -1.62. The van der Waals surface area contributed by atoms with Gasteiger partial charge in [-0.3, -0.25) is 10.1 Å². The molecule has 0 bridgehead atoms. The second-order valence-electron chi connectivity index (χ2n) is 4.63. The lowest BCUT2D eigenvalue weighted by Crippen LogP contribution is -2.35. The predicted octanol–water partition coefficient (Wildman–Crippen LogP) is 2.19. The molecule has 98 valence electrons. The number of benzene rings is 1. The summed E-state index contributed by atoms with van der Waals surface area (Å²) >= 11 is 0. The zero-order chi connectivity index (χ0) is 13.1. The number of phenols is 1. The van der Waals surface area contributed by atoms with Crippen molar-refractivity contribution in [1.29, 1.82) is 0 Å². The molecule has 1 aromatic carbocycles. The average Bonchev–Trinajstić information content (AvgIpc) is 2.82. The first-order valence-corrected chi connectivity index (χ1v) is 6.05. The van der Waals surface area contributed by atoms with Crippen LogP contribution in [0.15, 0.2) is 18.2 Å². The maximum Gasteiger partial charge on any atom is 0.325 e. The Kier molecular flexibility index (Phi) is 3.81. The van der Waals surface area contributed by atoms with Crippen LogP contribution in [0.2, 0.25) is 0 Å². The predicted molar refractivity (Wildman–Crippen MR) is 63.8 cm³/mol. The zero-order valence-corrected chi connectivity index (χ0v) is 9.90. The number of halogens is 1. The Balaban J connectivity index is 2.17. The van der Waals surface area contributed by atoms with Crippen molar-refractivity contribution in [3.63, 3.8) is 0 Å². The van der Waals surface area contributed by atoms with Gasteiger partial charge in [0.05, 0.1) is 0 Å². The molecular formula is C13H16FNO3. The van der Waals surface area contributed by atoms with Crippen molar-refractivity contribution in [3.05, 3.63) is 29.6 Å². The van der Waals surface area contributed by atoms with Gasteiger partial charge in [0.1, 0.15) is 6.04 Å². The lowest BCUT2D eigenvalue weighted by atomic mass is 10.0. The van der Waals surface area contributed by atoms with E-state index in [0.29, 0.717) is 5.56 Å². The van der Waals surface area contributed by atoms with Gasteiger partial charge in [-0.15, -0.1) is 0 Å². The number of aromatic hydroxyl groups is 1. The molecular weight excluding hydrogens is 237 g/mol. The van der Waals surface area contributed by atoms with Gasteiger partial charge in [0.15, 0.2) is 11.6 Å². The summed E-state index contributed by atoms with van der Waals surface area (Å²) in [6, 6.07) is 2.91. The third-order valence-electron chi connectivity index (χ3n) is 3.31. The molecule has 0 saturated heterocycles. The maximum absolute atomic E-state index is 13.2. The zero-order valence-electron chi connectivity index (χ0n) is 9.90. The number of aliphatic carboxylic acids is 1. The van der Waals surface area contributed by atoms with E-state index < -0.39 is 23.6 Å². The van der Waals surface area contributed by atoms with Crippen LogP contribution in [0, 0.1) is 5.82 Å². The van der Waals surface area contributed by atoms with E-state index in [1.807, 2.05) is 0 Å². The van der Waals surface area contributed by atoms with Crippen LogP contribution in [0.4, 0.5) is 4.39 Å². The van der Waals surface area contributed by atoms with Gasteiger partial charge in [0, 0.05) is 6.04 Å². The highest BCUT2D eigenvalue weighted by Crippen LogP contribution is 2.25. The summed E-state index contributed by atoms with van der Waals surface area (Å²) in [7, 11) is 0. The first-order chi connectivity index (χ1) is 8.58. The van der Waals surface area contributed by atoms with Crippen LogP contribution in [-0.4, -0.2) is 22.2 Å². The number of carboxylic acids is 1. The number of carbonyl (C=O) groups is 1. The Morgan fingerprint density at radius 3 is 2.61 bits per heavy atom. The molecule has 0 aromatic heterocycles. The van der Waals surface area contributed by atoms with E-state index in [-0.39, 0.29) is 6.04 Å². The maximum atomic E-state index is 13.2. The molecule has 1 aromatic rings. The highest BCUT2D eigenvalue weighted by molar-refractivity contribution is 5.75. The van der Waals surface area contributed by atoms with Gasteiger partial charge in [0.25, 0.3) is 0 Å². The quantitative estimate of drug-likeness (QED) is 0.769. The Morgan fingerprint density at radius 2 is 2.06 bits per heavy atom. The molecule has 1 unspecified atom stereocenters. The molecule has 4 nitrogen and oxygen atoms in total. The van der Waals surface area contributed by atoms with Crippen molar-refractivity contribution in [2.45, 2.75) is 37.8 Å². The van der Waals surface area contributed by atoms with Crippen molar-refractivity contribution >= 4 is 5.97 Å². The van der Waals surface area contributed by atoms with Crippen LogP contribution in [0.3, 0.4) is 0 Å². The van der Waals surface area contributed by atoms with E-state index in [4.69, 9.17) is 5.11 Å². The van der Waals surface area contributed by atoms with Crippen LogP contribution in [-0.2, 0) is 4.79 Å². The van der Waals surface area contributed by atoms with Gasteiger partial charge >= 0.3 is 5.97 Å². The summed E-state index contributed by atoms with van der Waals surface area (Å²) in [4.78, 5) is 11.2. The van der Waals surface area contributed by atoms with Crippen molar-refractivity contribution < 1.29 is 19.4 Å². The van der Waals surface area contributed by atoms with E-state index in [1.165, 1.54) is 12.1 Å². The Labute approximate surface area is 104 Å². The standard InChI is InChI=1S/C13H16FNO3/c14-10-7-8(5-6-11(10)16)12(13(17)18)15-9-3-1-2-4-9/h5-7,9,12,15-16H,1-4H2,(H,17,18). The van der Waals surface area contributed by atoms with Crippen LogP contribution >= 0.6 is 0 Å². The fourth-order valence-electron chi connectivity index (χ4n) is 2.34. The minimum absolute atomic E-state index is 0.169. The van der Waals surface area contributed by atoms with E-state index >= 15 is 0 Å². The minimum atomic E-state index is -1.04. The van der Waals surface area contributed by atoms with Gasteiger partial charge in [-0.05, 0) is 30.5 Å². The van der Waals surface area contributed by atoms with E-state index in [9.17, 15) is 14.3 Å². The van der Waals surface area contributed by atoms with Crippen molar-refractivity contribution in [2.75, 3.05) is 0 Å². The van der Waals surface area contributed by atoms with Crippen LogP contribution in [0.25, 0.3) is 0 Å². The van der Waals surface area contributed by atoms with Crippen LogP contribution < -0.4 is 5.32 Å². The van der Waals surface area contributed by atoms with Crippen molar-refractivity contribution in [1.82, 2.24) is 5.32 Å². The van der Waals surface area contributed by atoms with Crippen molar-refractivity contribution in [3.8, 4) is 5.75 Å². The highest BCUT2D eigenvalue weighted by atomic mass is 19.1. The van der Waals surface area contributed by atoms with E-state index in [1.54, 1.807) is 0 Å². The van der Waals surface area contributed by atoms with E-state index in [0.717, 1.165) is 31.7 Å². The Bertz CT molecular complexity index is 444. The lowest BCUT2D eigenvalue weighted by Gasteiger charge is -2.19. The minimum Gasteiger partial charge on any atom is -0.505 e. The second kappa shape index (κ2) is 5.35. The molecule has 5 heteroatoms. The molecule has 18 heavy (non-hydrogen) atoms. The second-order valence-corrected chi connectivity index (χ2v) is 4.63. The van der Waals surface area contributed by atoms with Gasteiger partial charge in [-0.1, -0.05) is 18.9 Å². The number of nitrogens with one attached hydrogen (secondary N) is 1. The summed E-state index contributed by atoms with van der Waals surface area (Å²) < 4.78 is 13.2. The third kappa shape index (κ3) is 2.79. The smallest absolute Gasteiger partial charge is 0.325 e. The number of carboxylic acid groups (broad SMARTS) is 1. The normalized spacial score (nSPS) is 17.8. The molecule has 0 aliphatic heterocycles. The molecule has 2 rings (SSSR count). The summed E-state index contributed by atoms with van der Waals surface area (Å²) in [5.41, 5.74) is 0.324. The van der Waals surface area contributed by atoms with Gasteiger partial charge in [-0.2, -0.15) is 0 Å². The first kappa shape index (κ1) is 12.8. The molecule has 1 saturated carbocycles. The lowest BCUT2D eigenvalue weighted by molar-refractivity contribution is -0.139. The fraction of sp³-hybridized carbons (Fsp3) is 0.462. The molecule has 0 spiro atoms. The number of phenolic OH excluding ortho intramolecular Hbond substituents is 1. The van der Waals surface area contributed by atoms with Gasteiger partial charge < -0.3 is 10.2 Å².